The number of ether oxygens (including phenoxy) is 1. The van der Waals surface area contributed by atoms with Gasteiger partial charge in [-0.25, -0.2) is 15.2 Å². The van der Waals surface area contributed by atoms with Gasteiger partial charge in [-0.1, -0.05) is 0 Å². The molecule has 0 aliphatic heterocycles. The Kier molecular flexibility index (Phi) is 4.68. The maximum atomic E-state index is 13.7. The number of carbonyl (C=O) groups is 1. The number of pyridine rings is 1. The van der Waals surface area contributed by atoms with Crippen molar-refractivity contribution in [1.82, 2.24) is 4.98 Å². The Labute approximate surface area is 121 Å². The highest BCUT2D eigenvalue weighted by molar-refractivity contribution is 6.04. The van der Waals surface area contributed by atoms with E-state index >= 15 is 0 Å². The van der Waals surface area contributed by atoms with E-state index in [2.05, 4.69) is 15.7 Å². The first kappa shape index (κ1) is 14.7. The lowest BCUT2D eigenvalue weighted by Crippen LogP contribution is -2.14. The number of nitrogens with two attached hydrogens (primary N) is 1. The van der Waals surface area contributed by atoms with E-state index < -0.39 is 11.7 Å². The first-order valence-corrected chi connectivity index (χ1v) is 6.30. The molecule has 0 unspecified atom stereocenters. The van der Waals surface area contributed by atoms with Crippen molar-refractivity contribution in [1.29, 1.82) is 0 Å². The molecule has 21 heavy (non-hydrogen) atoms. The zero-order valence-electron chi connectivity index (χ0n) is 11.4. The molecule has 110 valence electrons. The normalized spacial score (nSPS) is 10.0. The number of hydrogen-bond donors (Lipinski definition) is 3. The average Bonchev–Trinajstić information content (AvgIpc) is 2.50. The number of nitrogens with zero attached hydrogens (tertiary/aromatic N) is 1. The number of nitrogen functional groups attached to an aromatic ring is 1. The average molecular weight is 290 g/mol. The summed E-state index contributed by atoms with van der Waals surface area (Å²) in [6, 6.07) is 7.35. The van der Waals surface area contributed by atoms with Crippen LogP contribution in [0.5, 0.6) is 5.75 Å². The lowest BCUT2D eigenvalue weighted by atomic mass is 10.2. The van der Waals surface area contributed by atoms with E-state index in [1.54, 1.807) is 25.1 Å². The van der Waals surface area contributed by atoms with Gasteiger partial charge in [-0.05, 0) is 31.2 Å². The van der Waals surface area contributed by atoms with E-state index in [1.165, 1.54) is 18.3 Å². The van der Waals surface area contributed by atoms with Gasteiger partial charge in [0, 0.05) is 18.0 Å². The summed E-state index contributed by atoms with van der Waals surface area (Å²) in [5.74, 6) is 4.85. The SMILES string of the molecule is CCOc1ccc(NC(=O)c2ccc(NN)nc2)cc1F. The first-order valence-electron chi connectivity index (χ1n) is 6.30. The van der Waals surface area contributed by atoms with E-state index in [0.717, 1.165) is 0 Å². The molecule has 0 saturated heterocycles. The summed E-state index contributed by atoms with van der Waals surface area (Å²) >= 11 is 0. The molecule has 0 aliphatic carbocycles. The van der Waals surface area contributed by atoms with Crippen LogP contribution in [0.1, 0.15) is 17.3 Å². The van der Waals surface area contributed by atoms with Crippen molar-refractivity contribution >= 4 is 17.4 Å². The minimum absolute atomic E-state index is 0.149. The highest BCUT2D eigenvalue weighted by atomic mass is 19.1. The largest absolute Gasteiger partial charge is 0.491 e. The van der Waals surface area contributed by atoms with E-state index in [1.807, 2.05) is 0 Å². The zero-order chi connectivity index (χ0) is 15.2. The van der Waals surface area contributed by atoms with Crippen molar-refractivity contribution in [3.63, 3.8) is 0 Å². The van der Waals surface area contributed by atoms with E-state index in [9.17, 15) is 9.18 Å². The quantitative estimate of drug-likeness (QED) is 0.580. The Morgan fingerprint density at radius 2 is 2.19 bits per heavy atom. The Morgan fingerprint density at radius 1 is 1.38 bits per heavy atom. The molecule has 1 amide bonds. The van der Waals surface area contributed by atoms with E-state index in [4.69, 9.17) is 10.6 Å². The monoisotopic (exact) mass is 290 g/mol. The van der Waals surface area contributed by atoms with Crippen molar-refractivity contribution < 1.29 is 13.9 Å². The molecule has 1 aromatic heterocycles. The second-order valence-electron chi connectivity index (χ2n) is 4.11. The molecule has 0 atom stereocenters. The Morgan fingerprint density at radius 3 is 2.76 bits per heavy atom. The van der Waals surface area contributed by atoms with Crippen molar-refractivity contribution in [2.75, 3.05) is 17.3 Å². The Hall–Kier alpha value is -2.67. The van der Waals surface area contributed by atoms with Crippen molar-refractivity contribution in [2.45, 2.75) is 6.92 Å². The van der Waals surface area contributed by atoms with Crippen LogP contribution in [0.3, 0.4) is 0 Å². The summed E-state index contributed by atoms with van der Waals surface area (Å²) in [5, 5.41) is 2.58. The molecule has 0 radical (unpaired) electrons. The van der Waals surface area contributed by atoms with Gasteiger partial charge < -0.3 is 15.5 Å². The smallest absolute Gasteiger partial charge is 0.257 e. The number of anilines is 2. The molecule has 4 N–H and O–H groups in total. The third kappa shape index (κ3) is 3.67. The number of benzene rings is 1. The summed E-state index contributed by atoms with van der Waals surface area (Å²) in [4.78, 5) is 15.9. The minimum atomic E-state index is -0.532. The summed E-state index contributed by atoms with van der Waals surface area (Å²) < 4.78 is 18.8. The predicted octanol–water partition coefficient (Wildman–Crippen LogP) is 2.16. The molecule has 1 aromatic carbocycles. The molecule has 0 saturated carbocycles. The van der Waals surface area contributed by atoms with Crippen molar-refractivity contribution in [3.05, 3.63) is 47.9 Å². The molecule has 1 heterocycles. The minimum Gasteiger partial charge on any atom is -0.491 e. The number of aromatic nitrogens is 1. The molecule has 0 bridgehead atoms. The summed E-state index contributed by atoms with van der Waals surface area (Å²) in [5.41, 5.74) is 3.03. The molecule has 0 aliphatic rings. The van der Waals surface area contributed by atoms with E-state index in [0.29, 0.717) is 23.7 Å². The van der Waals surface area contributed by atoms with E-state index in [-0.39, 0.29) is 5.75 Å². The maximum absolute atomic E-state index is 13.7. The summed E-state index contributed by atoms with van der Waals surface area (Å²) in [6.07, 6.45) is 1.37. The Balaban J connectivity index is 2.09. The number of halogens is 1. The number of amides is 1. The molecular formula is C14H15FN4O2. The summed E-state index contributed by atoms with van der Waals surface area (Å²) in [7, 11) is 0. The van der Waals surface area contributed by atoms with Gasteiger partial charge in [-0.3, -0.25) is 4.79 Å². The third-order valence-electron chi connectivity index (χ3n) is 2.66. The number of nitrogens with one attached hydrogen (secondary N) is 2. The number of carbonyl (C=O) groups excluding carboxylic acids is 1. The standard InChI is InChI=1S/C14H15FN4O2/c1-2-21-12-5-4-10(7-11(12)15)18-14(20)9-3-6-13(19-16)17-8-9/h3-8H,2,16H2,1H3,(H,17,19)(H,18,20). The van der Waals surface area contributed by atoms with Gasteiger partial charge in [0.25, 0.3) is 5.91 Å². The molecule has 0 fully saturated rings. The van der Waals surface area contributed by atoms with Crippen LogP contribution in [-0.2, 0) is 0 Å². The van der Waals surface area contributed by atoms with Crippen molar-refractivity contribution in [2.24, 2.45) is 5.84 Å². The van der Waals surface area contributed by atoms with Crippen LogP contribution in [0.15, 0.2) is 36.5 Å². The Bertz CT molecular complexity index is 631. The predicted molar refractivity (Wildman–Crippen MR) is 77.6 cm³/mol. The second kappa shape index (κ2) is 6.67. The molecule has 7 heteroatoms. The van der Waals surface area contributed by atoms with Crippen LogP contribution >= 0.6 is 0 Å². The second-order valence-corrected chi connectivity index (χ2v) is 4.11. The lowest BCUT2D eigenvalue weighted by molar-refractivity contribution is 0.102. The first-order chi connectivity index (χ1) is 10.1. The molecule has 0 spiro atoms. The van der Waals surface area contributed by atoms with Gasteiger partial charge in [0.05, 0.1) is 12.2 Å². The molecule has 2 rings (SSSR count). The zero-order valence-corrected chi connectivity index (χ0v) is 11.4. The molecule has 6 nitrogen and oxygen atoms in total. The van der Waals surface area contributed by atoms with Gasteiger partial charge in [-0.15, -0.1) is 0 Å². The highest BCUT2D eigenvalue weighted by Crippen LogP contribution is 2.21. The van der Waals surface area contributed by atoms with Crippen LogP contribution in [0.25, 0.3) is 0 Å². The number of hydrazine groups is 1. The third-order valence-corrected chi connectivity index (χ3v) is 2.66. The van der Waals surface area contributed by atoms with Gasteiger partial charge in [-0.2, -0.15) is 0 Å². The van der Waals surface area contributed by atoms with Gasteiger partial charge in [0.2, 0.25) is 0 Å². The van der Waals surface area contributed by atoms with Gasteiger partial charge >= 0.3 is 0 Å². The fourth-order valence-corrected chi connectivity index (χ4v) is 1.67. The van der Waals surface area contributed by atoms with Crippen LogP contribution < -0.4 is 21.3 Å². The number of hydrogen-bond acceptors (Lipinski definition) is 5. The van der Waals surface area contributed by atoms with Gasteiger partial charge in [0.15, 0.2) is 11.6 Å². The van der Waals surface area contributed by atoms with Crippen LogP contribution in [0.4, 0.5) is 15.9 Å². The van der Waals surface area contributed by atoms with Gasteiger partial charge in [0.1, 0.15) is 5.82 Å². The lowest BCUT2D eigenvalue weighted by Gasteiger charge is -2.08. The fraction of sp³-hybridized carbons (Fsp3) is 0.143. The molecule has 2 aromatic rings. The number of rotatable bonds is 5. The fourth-order valence-electron chi connectivity index (χ4n) is 1.67. The topological polar surface area (TPSA) is 89.3 Å². The van der Waals surface area contributed by atoms with Crippen LogP contribution in [0, 0.1) is 5.82 Å². The van der Waals surface area contributed by atoms with Crippen LogP contribution in [-0.4, -0.2) is 17.5 Å². The highest BCUT2D eigenvalue weighted by Gasteiger charge is 2.09. The van der Waals surface area contributed by atoms with Crippen molar-refractivity contribution in [3.8, 4) is 5.75 Å². The summed E-state index contributed by atoms with van der Waals surface area (Å²) in [6.45, 7) is 2.14. The van der Waals surface area contributed by atoms with Crippen LogP contribution in [0.2, 0.25) is 0 Å². The molecular weight excluding hydrogens is 275 g/mol. The maximum Gasteiger partial charge on any atom is 0.257 e.